The minimum absolute atomic E-state index is 0.0822. The smallest absolute Gasteiger partial charge is 0.463 e. The summed E-state index contributed by atoms with van der Waals surface area (Å²) in [6.45, 7) is 3.50. The summed E-state index contributed by atoms with van der Waals surface area (Å²) >= 11 is 0. The van der Waals surface area contributed by atoms with Crippen molar-refractivity contribution in [2.75, 3.05) is 13.2 Å². The normalized spacial score (nSPS) is 20.3. The molecule has 0 spiro atoms. The van der Waals surface area contributed by atoms with Crippen molar-refractivity contribution in [2.45, 2.75) is 39.1 Å². The van der Waals surface area contributed by atoms with Gasteiger partial charge in [0.1, 0.15) is 25.4 Å². The molecule has 8 nitrogen and oxygen atoms in total. The summed E-state index contributed by atoms with van der Waals surface area (Å²) < 4.78 is 27.0. The van der Waals surface area contributed by atoms with Crippen LogP contribution in [0.25, 0.3) is 0 Å². The Morgan fingerprint density at radius 2 is 1.65 bits per heavy atom. The Morgan fingerprint density at radius 1 is 1.00 bits per heavy atom. The third kappa shape index (κ3) is 5.85. The Hall–Kier alpha value is -2.39. The van der Waals surface area contributed by atoms with Crippen LogP contribution < -0.4 is 5.46 Å². The fraction of sp³-hybridized carbons (Fsp3) is 0.471. The Balaban J connectivity index is 2.18. The van der Waals surface area contributed by atoms with Crippen molar-refractivity contribution in [3.63, 3.8) is 0 Å². The number of benzene rings is 1. The second kappa shape index (κ2) is 9.35. The second-order valence-corrected chi connectivity index (χ2v) is 5.77. The van der Waals surface area contributed by atoms with Crippen LogP contribution >= 0.6 is 0 Å². The first kappa shape index (κ1) is 19.9. The van der Waals surface area contributed by atoms with E-state index in [1.807, 2.05) is 30.3 Å². The molecule has 0 bridgehead atoms. The molecule has 140 valence electrons. The highest BCUT2D eigenvalue weighted by atomic mass is 16.7. The van der Waals surface area contributed by atoms with Crippen LogP contribution in [0.3, 0.4) is 0 Å². The third-order valence-electron chi connectivity index (χ3n) is 3.60. The Bertz CT molecular complexity index is 635. The highest BCUT2D eigenvalue weighted by Crippen LogP contribution is 2.23. The zero-order valence-electron chi connectivity index (χ0n) is 14.9. The molecular formula is C17H21BO8. The molecule has 3 atom stereocenters. The number of rotatable bonds is 7. The van der Waals surface area contributed by atoms with Gasteiger partial charge in [0.25, 0.3) is 0 Å². The average Bonchev–Trinajstić information content (AvgIpc) is 3.01. The molecule has 0 radical (unpaired) electrons. The van der Waals surface area contributed by atoms with Gasteiger partial charge in [0, 0.05) is 20.8 Å². The van der Waals surface area contributed by atoms with Crippen molar-refractivity contribution in [2.24, 2.45) is 0 Å². The van der Waals surface area contributed by atoms with Crippen LogP contribution in [0.5, 0.6) is 0 Å². The predicted octanol–water partition coefficient (Wildman–Crippen LogP) is 0.224. The minimum atomic E-state index is -0.898. The number of hydrogen-bond donors (Lipinski definition) is 0. The van der Waals surface area contributed by atoms with Crippen LogP contribution in [0.15, 0.2) is 30.3 Å². The second-order valence-electron chi connectivity index (χ2n) is 5.77. The topological polar surface area (TPSA) is 97.4 Å². The lowest BCUT2D eigenvalue weighted by atomic mass is 9.79. The molecule has 0 aliphatic carbocycles. The summed E-state index contributed by atoms with van der Waals surface area (Å²) in [6, 6.07) is 9.16. The molecule has 2 rings (SSSR count). The molecule has 0 aromatic heterocycles. The Labute approximate surface area is 151 Å². The van der Waals surface area contributed by atoms with Crippen molar-refractivity contribution < 1.29 is 37.9 Å². The lowest BCUT2D eigenvalue weighted by molar-refractivity contribution is -0.164. The van der Waals surface area contributed by atoms with Crippen molar-refractivity contribution in [1.82, 2.24) is 0 Å². The zero-order chi connectivity index (χ0) is 19.1. The van der Waals surface area contributed by atoms with E-state index in [4.69, 9.17) is 23.5 Å². The molecular weight excluding hydrogens is 343 g/mol. The van der Waals surface area contributed by atoms with E-state index in [0.717, 1.165) is 5.46 Å². The Kier molecular flexibility index (Phi) is 7.17. The van der Waals surface area contributed by atoms with E-state index >= 15 is 0 Å². The van der Waals surface area contributed by atoms with Crippen LogP contribution in [-0.4, -0.2) is 56.6 Å². The van der Waals surface area contributed by atoms with Crippen molar-refractivity contribution in [3.8, 4) is 0 Å². The maximum Gasteiger partial charge on any atom is 0.494 e. The molecule has 1 aromatic carbocycles. The van der Waals surface area contributed by atoms with Gasteiger partial charge in [-0.05, 0) is 5.46 Å². The molecule has 1 aromatic rings. The first-order chi connectivity index (χ1) is 12.4. The largest absolute Gasteiger partial charge is 0.494 e. The molecule has 0 amide bonds. The molecule has 1 aliphatic rings. The summed E-state index contributed by atoms with van der Waals surface area (Å²) in [5, 5.41) is 0. The highest BCUT2D eigenvalue weighted by molar-refractivity contribution is 6.61. The number of hydrogen-bond acceptors (Lipinski definition) is 8. The average molecular weight is 364 g/mol. The van der Waals surface area contributed by atoms with E-state index in [9.17, 15) is 14.4 Å². The van der Waals surface area contributed by atoms with E-state index in [2.05, 4.69) is 0 Å². The first-order valence-corrected chi connectivity index (χ1v) is 8.16. The van der Waals surface area contributed by atoms with Gasteiger partial charge in [-0.15, -0.1) is 0 Å². The van der Waals surface area contributed by atoms with Gasteiger partial charge in [0.05, 0.1) is 0 Å². The van der Waals surface area contributed by atoms with E-state index in [0.29, 0.717) is 0 Å². The van der Waals surface area contributed by atoms with Crippen LogP contribution in [0.4, 0.5) is 0 Å². The lowest BCUT2D eigenvalue weighted by Gasteiger charge is -2.26. The van der Waals surface area contributed by atoms with Gasteiger partial charge < -0.3 is 23.5 Å². The SMILES string of the molecule is CC(=O)OCC1OB(c2ccccc2)OC1C(COC(C)=O)OC(C)=O. The summed E-state index contributed by atoms with van der Waals surface area (Å²) in [6.07, 6.45) is -2.36. The van der Waals surface area contributed by atoms with Crippen LogP contribution in [0, 0.1) is 0 Å². The lowest BCUT2D eigenvalue weighted by Crippen LogP contribution is -2.43. The fourth-order valence-electron chi connectivity index (χ4n) is 2.54. The van der Waals surface area contributed by atoms with Crippen LogP contribution in [0.2, 0.25) is 0 Å². The van der Waals surface area contributed by atoms with Gasteiger partial charge in [-0.3, -0.25) is 14.4 Å². The van der Waals surface area contributed by atoms with Gasteiger partial charge in [0.2, 0.25) is 0 Å². The van der Waals surface area contributed by atoms with E-state index in [1.165, 1.54) is 20.8 Å². The molecule has 1 saturated heterocycles. The predicted molar refractivity (Wildman–Crippen MR) is 90.4 cm³/mol. The third-order valence-corrected chi connectivity index (χ3v) is 3.60. The molecule has 1 heterocycles. The minimum Gasteiger partial charge on any atom is -0.463 e. The van der Waals surface area contributed by atoms with Crippen molar-refractivity contribution >= 4 is 30.5 Å². The fourth-order valence-corrected chi connectivity index (χ4v) is 2.54. The van der Waals surface area contributed by atoms with Gasteiger partial charge in [-0.2, -0.15) is 0 Å². The number of ether oxygens (including phenoxy) is 3. The molecule has 26 heavy (non-hydrogen) atoms. The molecule has 9 heteroatoms. The molecule has 1 aliphatic heterocycles. The molecule has 0 saturated carbocycles. The molecule has 0 N–H and O–H groups in total. The standard InChI is InChI=1S/C17H21BO8/c1-11(19)22-9-15(24-13(3)21)17-16(10-23-12(2)20)25-18(26-17)14-7-5-4-6-8-14/h4-8,15-17H,9-10H2,1-3H3. The van der Waals surface area contributed by atoms with E-state index < -0.39 is 43.3 Å². The summed E-state index contributed by atoms with van der Waals surface area (Å²) in [5.74, 6) is -1.54. The molecule has 3 unspecified atom stereocenters. The summed E-state index contributed by atoms with van der Waals surface area (Å²) in [5.41, 5.74) is 0.761. The van der Waals surface area contributed by atoms with Gasteiger partial charge in [-0.25, -0.2) is 0 Å². The van der Waals surface area contributed by atoms with Crippen molar-refractivity contribution in [1.29, 1.82) is 0 Å². The van der Waals surface area contributed by atoms with E-state index in [-0.39, 0.29) is 13.2 Å². The van der Waals surface area contributed by atoms with Gasteiger partial charge >= 0.3 is 25.0 Å². The van der Waals surface area contributed by atoms with E-state index in [1.54, 1.807) is 0 Å². The number of esters is 3. The van der Waals surface area contributed by atoms with Crippen LogP contribution in [0.1, 0.15) is 20.8 Å². The number of carbonyl (C=O) groups excluding carboxylic acids is 3. The van der Waals surface area contributed by atoms with Gasteiger partial charge in [0.15, 0.2) is 6.10 Å². The molecule has 1 fully saturated rings. The number of carbonyl (C=O) groups is 3. The van der Waals surface area contributed by atoms with Crippen molar-refractivity contribution in [3.05, 3.63) is 30.3 Å². The summed E-state index contributed by atoms with van der Waals surface area (Å²) in [4.78, 5) is 33.7. The Morgan fingerprint density at radius 3 is 2.23 bits per heavy atom. The maximum absolute atomic E-state index is 11.4. The maximum atomic E-state index is 11.4. The monoisotopic (exact) mass is 364 g/mol. The quantitative estimate of drug-likeness (QED) is 0.385. The highest BCUT2D eigenvalue weighted by Gasteiger charge is 2.46. The van der Waals surface area contributed by atoms with Gasteiger partial charge in [-0.1, -0.05) is 30.3 Å². The van der Waals surface area contributed by atoms with Crippen LogP contribution in [-0.2, 0) is 37.9 Å². The first-order valence-electron chi connectivity index (χ1n) is 8.16. The zero-order valence-corrected chi connectivity index (χ0v) is 14.9. The summed E-state index contributed by atoms with van der Waals surface area (Å²) in [7, 11) is -0.725.